The fourth-order valence-electron chi connectivity index (χ4n) is 2.46. The largest absolute Gasteiger partial charge is 0.341 e. The summed E-state index contributed by atoms with van der Waals surface area (Å²) in [6.45, 7) is 4.25. The molecule has 0 spiro atoms. The summed E-state index contributed by atoms with van der Waals surface area (Å²) >= 11 is 0. The van der Waals surface area contributed by atoms with Crippen molar-refractivity contribution in [3.8, 4) is 0 Å². The number of piperidine rings is 1. The van der Waals surface area contributed by atoms with Gasteiger partial charge in [0.15, 0.2) is 0 Å². The molecule has 0 radical (unpaired) electrons. The van der Waals surface area contributed by atoms with Crippen molar-refractivity contribution in [2.45, 2.75) is 19.8 Å². The van der Waals surface area contributed by atoms with E-state index in [0.29, 0.717) is 11.3 Å². The van der Waals surface area contributed by atoms with Crippen molar-refractivity contribution in [1.29, 1.82) is 0 Å². The number of carbonyl (C=O) groups excluding carboxylic acids is 1. The minimum Gasteiger partial charge on any atom is -0.341 e. The number of pyridine rings is 1. The zero-order valence-electron chi connectivity index (χ0n) is 12.6. The SMILES string of the molecule is CC1CCN(c2ncc(NC(=O)c3cccnc3)cn2)CC1. The number of anilines is 2. The van der Waals surface area contributed by atoms with E-state index in [9.17, 15) is 4.79 Å². The minimum absolute atomic E-state index is 0.212. The highest BCUT2D eigenvalue weighted by molar-refractivity contribution is 6.03. The van der Waals surface area contributed by atoms with Gasteiger partial charge in [-0.05, 0) is 30.9 Å². The second kappa shape index (κ2) is 6.51. The van der Waals surface area contributed by atoms with E-state index in [-0.39, 0.29) is 5.91 Å². The highest BCUT2D eigenvalue weighted by atomic mass is 16.1. The molecule has 0 bridgehead atoms. The fraction of sp³-hybridized carbons (Fsp3) is 0.375. The van der Waals surface area contributed by atoms with Crippen LogP contribution in [0, 0.1) is 5.92 Å². The Kier molecular flexibility index (Phi) is 4.27. The standard InChI is InChI=1S/C16H19N5O/c1-12-4-7-21(8-5-12)16-18-10-14(11-19-16)20-15(22)13-3-2-6-17-9-13/h2-3,6,9-12H,4-5,7-8H2,1H3,(H,20,22). The molecule has 114 valence electrons. The molecule has 0 unspecified atom stereocenters. The van der Waals surface area contributed by atoms with E-state index in [1.165, 1.54) is 19.0 Å². The van der Waals surface area contributed by atoms with Crippen molar-refractivity contribution in [3.63, 3.8) is 0 Å². The maximum atomic E-state index is 12.0. The van der Waals surface area contributed by atoms with Crippen LogP contribution in [0.15, 0.2) is 36.9 Å². The molecule has 0 saturated carbocycles. The van der Waals surface area contributed by atoms with E-state index in [0.717, 1.165) is 25.0 Å². The maximum Gasteiger partial charge on any atom is 0.257 e. The molecule has 2 aromatic rings. The van der Waals surface area contributed by atoms with Gasteiger partial charge in [0.2, 0.25) is 5.95 Å². The maximum absolute atomic E-state index is 12.0. The van der Waals surface area contributed by atoms with Crippen LogP contribution in [0.3, 0.4) is 0 Å². The summed E-state index contributed by atoms with van der Waals surface area (Å²) in [5.41, 5.74) is 1.10. The van der Waals surface area contributed by atoms with Crippen LogP contribution in [0.4, 0.5) is 11.6 Å². The summed E-state index contributed by atoms with van der Waals surface area (Å²) in [6, 6.07) is 3.44. The molecule has 2 aromatic heterocycles. The van der Waals surface area contributed by atoms with E-state index in [2.05, 4.69) is 32.1 Å². The Hall–Kier alpha value is -2.50. The number of nitrogens with one attached hydrogen (secondary N) is 1. The van der Waals surface area contributed by atoms with Crippen molar-refractivity contribution in [2.75, 3.05) is 23.3 Å². The molecular formula is C16H19N5O. The first-order valence-electron chi connectivity index (χ1n) is 7.51. The van der Waals surface area contributed by atoms with Crippen LogP contribution in [-0.2, 0) is 0 Å². The summed E-state index contributed by atoms with van der Waals surface area (Å²) in [7, 11) is 0. The zero-order chi connectivity index (χ0) is 15.4. The van der Waals surface area contributed by atoms with Gasteiger partial charge in [-0.1, -0.05) is 6.92 Å². The molecule has 1 aliphatic heterocycles. The summed E-state index contributed by atoms with van der Waals surface area (Å²) in [4.78, 5) is 26.9. The number of nitrogens with zero attached hydrogens (tertiary/aromatic N) is 4. The van der Waals surface area contributed by atoms with Crippen LogP contribution < -0.4 is 10.2 Å². The summed E-state index contributed by atoms with van der Waals surface area (Å²) in [5, 5.41) is 2.77. The normalized spacial score (nSPS) is 15.6. The molecule has 1 aliphatic rings. The van der Waals surface area contributed by atoms with Crippen molar-refractivity contribution in [2.24, 2.45) is 5.92 Å². The average Bonchev–Trinajstić information content (AvgIpc) is 2.57. The highest BCUT2D eigenvalue weighted by Crippen LogP contribution is 2.20. The van der Waals surface area contributed by atoms with Gasteiger partial charge in [-0.2, -0.15) is 0 Å². The van der Waals surface area contributed by atoms with Gasteiger partial charge < -0.3 is 10.2 Å². The highest BCUT2D eigenvalue weighted by Gasteiger charge is 2.17. The third-order valence-corrected chi connectivity index (χ3v) is 3.89. The molecular weight excluding hydrogens is 278 g/mol. The first-order chi connectivity index (χ1) is 10.7. The Morgan fingerprint density at radius 2 is 1.95 bits per heavy atom. The fourth-order valence-corrected chi connectivity index (χ4v) is 2.46. The number of amides is 1. The Balaban J connectivity index is 1.63. The van der Waals surface area contributed by atoms with E-state index in [1.54, 1.807) is 30.7 Å². The lowest BCUT2D eigenvalue weighted by Gasteiger charge is -2.30. The van der Waals surface area contributed by atoms with Gasteiger partial charge in [0.25, 0.3) is 5.91 Å². The monoisotopic (exact) mass is 297 g/mol. The Labute approximate surface area is 129 Å². The van der Waals surface area contributed by atoms with Crippen LogP contribution >= 0.6 is 0 Å². The van der Waals surface area contributed by atoms with Crippen LogP contribution in [0.25, 0.3) is 0 Å². The lowest BCUT2D eigenvalue weighted by Crippen LogP contribution is -2.34. The number of hydrogen-bond donors (Lipinski definition) is 1. The third kappa shape index (κ3) is 3.39. The topological polar surface area (TPSA) is 71.0 Å². The molecule has 3 heterocycles. The molecule has 3 rings (SSSR count). The Morgan fingerprint density at radius 1 is 1.23 bits per heavy atom. The van der Waals surface area contributed by atoms with Gasteiger partial charge in [-0.15, -0.1) is 0 Å². The van der Waals surface area contributed by atoms with Crippen LogP contribution in [-0.4, -0.2) is 33.9 Å². The molecule has 1 saturated heterocycles. The van der Waals surface area contributed by atoms with Crippen molar-refractivity contribution < 1.29 is 4.79 Å². The van der Waals surface area contributed by atoms with Gasteiger partial charge in [0.05, 0.1) is 23.6 Å². The van der Waals surface area contributed by atoms with Crippen molar-refractivity contribution in [3.05, 3.63) is 42.5 Å². The van der Waals surface area contributed by atoms with Gasteiger partial charge in [0.1, 0.15) is 0 Å². The molecule has 22 heavy (non-hydrogen) atoms. The van der Waals surface area contributed by atoms with E-state index < -0.39 is 0 Å². The summed E-state index contributed by atoms with van der Waals surface area (Å²) in [5.74, 6) is 1.29. The predicted molar refractivity (Wildman–Crippen MR) is 84.8 cm³/mol. The van der Waals surface area contributed by atoms with Gasteiger partial charge in [-0.25, -0.2) is 9.97 Å². The molecule has 1 N–H and O–H groups in total. The number of hydrogen-bond acceptors (Lipinski definition) is 5. The molecule has 1 fully saturated rings. The first kappa shape index (κ1) is 14.4. The second-order valence-electron chi connectivity index (χ2n) is 5.64. The lowest BCUT2D eigenvalue weighted by molar-refractivity contribution is 0.102. The average molecular weight is 297 g/mol. The smallest absolute Gasteiger partial charge is 0.257 e. The zero-order valence-corrected chi connectivity index (χ0v) is 12.6. The second-order valence-corrected chi connectivity index (χ2v) is 5.64. The number of rotatable bonds is 3. The summed E-state index contributed by atoms with van der Waals surface area (Å²) < 4.78 is 0. The van der Waals surface area contributed by atoms with Gasteiger partial charge >= 0.3 is 0 Å². The first-order valence-corrected chi connectivity index (χ1v) is 7.51. The summed E-state index contributed by atoms with van der Waals surface area (Å²) in [6.07, 6.45) is 8.79. The van der Waals surface area contributed by atoms with Gasteiger partial charge in [0, 0.05) is 25.5 Å². The van der Waals surface area contributed by atoms with Crippen LogP contribution in [0.2, 0.25) is 0 Å². The molecule has 6 nitrogen and oxygen atoms in total. The van der Waals surface area contributed by atoms with Gasteiger partial charge in [-0.3, -0.25) is 9.78 Å². The number of carbonyl (C=O) groups is 1. The van der Waals surface area contributed by atoms with Crippen LogP contribution in [0.1, 0.15) is 30.1 Å². The minimum atomic E-state index is -0.212. The van der Waals surface area contributed by atoms with E-state index in [4.69, 9.17) is 0 Å². The quantitative estimate of drug-likeness (QED) is 0.941. The van der Waals surface area contributed by atoms with E-state index in [1.807, 2.05) is 0 Å². The van der Waals surface area contributed by atoms with Crippen molar-refractivity contribution in [1.82, 2.24) is 15.0 Å². The predicted octanol–water partition coefficient (Wildman–Crippen LogP) is 2.36. The molecule has 0 atom stereocenters. The molecule has 0 aromatic carbocycles. The molecule has 0 aliphatic carbocycles. The van der Waals surface area contributed by atoms with Crippen molar-refractivity contribution >= 4 is 17.5 Å². The Bertz CT molecular complexity index is 621. The lowest BCUT2D eigenvalue weighted by atomic mass is 10.00. The number of aromatic nitrogens is 3. The third-order valence-electron chi connectivity index (χ3n) is 3.89. The van der Waals surface area contributed by atoms with Crippen LogP contribution in [0.5, 0.6) is 0 Å². The Morgan fingerprint density at radius 3 is 2.59 bits per heavy atom. The van der Waals surface area contributed by atoms with E-state index >= 15 is 0 Å². The molecule has 1 amide bonds. The molecule has 6 heteroatoms.